The maximum absolute atomic E-state index is 11.0. The molecule has 0 radical (unpaired) electrons. The fourth-order valence-electron chi connectivity index (χ4n) is 1.62. The summed E-state index contributed by atoms with van der Waals surface area (Å²) < 4.78 is 0. The van der Waals surface area contributed by atoms with Crippen LogP contribution >= 0.6 is 0 Å². The summed E-state index contributed by atoms with van der Waals surface area (Å²) in [5.74, 6) is -0.357. The van der Waals surface area contributed by atoms with Crippen LogP contribution in [0.1, 0.15) is 6.42 Å². The smallest absolute Gasteiger partial charge is 0.225 e. The van der Waals surface area contributed by atoms with Crippen LogP contribution in [0.4, 0.5) is 0 Å². The number of hydrazine groups is 1. The summed E-state index contributed by atoms with van der Waals surface area (Å²) in [4.78, 5) is 11.0. The Morgan fingerprint density at radius 1 is 1.67 bits per heavy atom. The van der Waals surface area contributed by atoms with Crippen LogP contribution in [0.15, 0.2) is 23.4 Å². The number of nitrogens with one attached hydrogen (secondary N) is 2. The molecule has 0 spiro atoms. The van der Waals surface area contributed by atoms with Crippen molar-refractivity contribution >= 4 is 5.91 Å². The van der Waals surface area contributed by atoms with E-state index in [1.165, 1.54) is 0 Å². The van der Waals surface area contributed by atoms with Gasteiger partial charge in [-0.3, -0.25) is 4.79 Å². The summed E-state index contributed by atoms with van der Waals surface area (Å²) in [6.07, 6.45) is 4.68. The third-order valence-electron chi connectivity index (χ3n) is 2.27. The minimum Gasteiger partial charge on any atom is -0.369 e. The van der Waals surface area contributed by atoms with Gasteiger partial charge in [0.15, 0.2) is 0 Å². The van der Waals surface area contributed by atoms with E-state index in [0.717, 1.165) is 17.7 Å². The number of primary amides is 1. The molecule has 0 saturated carbocycles. The zero-order valence-corrected chi connectivity index (χ0v) is 6.63. The predicted octanol–water partition coefficient (Wildman–Crippen LogP) is -0.590. The Hall–Kier alpha value is -1.29. The lowest BCUT2D eigenvalue weighted by Crippen LogP contribution is -2.27. The van der Waals surface area contributed by atoms with Crippen LogP contribution in [-0.4, -0.2) is 12.5 Å². The number of carbonyl (C=O) groups excluding carboxylic acids is 1. The summed E-state index contributed by atoms with van der Waals surface area (Å²) in [5.41, 5.74) is 13.3. The van der Waals surface area contributed by atoms with E-state index < -0.39 is 0 Å². The van der Waals surface area contributed by atoms with Crippen LogP contribution in [0, 0.1) is 5.92 Å². The van der Waals surface area contributed by atoms with Crippen molar-refractivity contribution in [3.05, 3.63) is 23.4 Å². The molecule has 1 heterocycles. The summed E-state index contributed by atoms with van der Waals surface area (Å²) in [5, 5.41) is 0. The molecule has 0 bridgehead atoms. The van der Waals surface area contributed by atoms with Crippen molar-refractivity contribution in [1.29, 1.82) is 0 Å². The molecule has 4 heteroatoms. The maximum Gasteiger partial charge on any atom is 0.225 e. The third-order valence-corrected chi connectivity index (χ3v) is 2.27. The lowest BCUT2D eigenvalue weighted by atomic mass is 9.90. The van der Waals surface area contributed by atoms with Gasteiger partial charge in [-0.25, -0.2) is 5.43 Å². The molecule has 4 N–H and O–H groups in total. The molecule has 0 aromatic carbocycles. The van der Waals surface area contributed by atoms with Gasteiger partial charge in [-0.15, -0.1) is 0 Å². The molecular weight excluding hydrogens is 154 g/mol. The van der Waals surface area contributed by atoms with Gasteiger partial charge in [-0.1, -0.05) is 6.08 Å². The van der Waals surface area contributed by atoms with Gasteiger partial charge in [0, 0.05) is 12.2 Å². The molecule has 1 atom stereocenters. The summed E-state index contributed by atoms with van der Waals surface area (Å²) in [6, 6.07) is 0. The Bertz CT molecular complexity index is 280. The number of allylic oxidation sites excluding steroid dienone is 2. The standard InChI is InChI=1S/C8H11N3O/c9-8(12)5-2-1-3-7-6(5)4-10-11-7/h1,3,5,10-11H,2,4H2,(H2,9,12). The second kappa shape index (κ2) is 2.64. The van der Waals surface area contributed by atoms with Crippen LogP contribution in [0.5, 0.6) is 0 Å². The first kappa shape index (κ1) is 7.36. The summed E-state index contributed by atoms with van der Waals surface area (Å²) in [6.45, 7) is 0.716. The fourth-order valence-corrected chi connectivity index (χ4v) is 1.62. The fraction of sp³-hybridized carbons (Fsp3) is 0.375. The van der Waals surface area contributed by atoms with Gasteiger partial charge in [-0.05, 0) is 18.1 Å². The van der Waals surface area contributed by atoms with E-state index >= 15 is 0 Å². The number of nitrogens with two attached hydrogens (primary N) is 1. The minimum absolute atomic E-state index is 0.118. The highest BCUT2D eigenvalue weighted by molar-refractivity contribution is 5.81. The van der Waals surface area contributed by atoms with Crippen molar-refractivity contribution in [2.75, 3.05) is 6.54 Å². The number of carbonyl (C=O) groups is 1. The molecular formula is C8H11N3O. The van der Waals surface area contributed by atoms with Crippen LogP contribution in [-0.2, 0) is 4.79 Å². The Morgan fingerprint density at radius 2 is 2.50 bits per heavy atom. The Morgan fingerprint density at radius 3 is 3.25 bits per heavy atom. The number of rotatable bonds is 1. The molecule has 0 saturated heterocycles. The van der Waals surface area contributed by atoms with E-state index in [1.807, 2.05) is 12.2 Å². The van der Waals surface area contributed by atoms with Gasteiger partial charge in [0.2, 0.25) is 5.91 Å². The van der Waals surface area contributed by atoms with Gasteiger partial charge in [-0.2, -0.15) is 0 Å². The molecule has 2 rings (SSSR count). The Kier molecular flexibility index (Phi) is 1.62. The van der Waals surface area contributed by atoms with E-state index in [0.29, 0.717) is 6.54 Å². The normalized spacial score (nSPS) is 26.8. The lowest BCUT2D eigenvalue weighted by molar-refractivity contribution is -0.120. The van der Waals surface area contributed by atoms with Crippen LogP contribution in [0.2, 0.25) is 0 Å². The highest BCUT2D eigenvalue weighted by Crippen LogP contribution is 2.25. The van der Waals surface area contributed by atoms with Crippen molar-refractivity contribution in [3.8, 4) is 0 Å². The maximum atomic E-state index is 11.0. The second-order valence-electron chi connectivity index (χ2n) is 3.01. The predicted molar refractivity (Wildman–Crippen MR) is 44.6 cm³/mol. The SMILES string of the molecule is NC(=O)C1CC=CC2=C1CNN2. The van der Waals surface area contributed by atoms with E-state index in [2.05, 4.69) is 10.9 Å². The first-order valence-electron chi connectivity index (χ1n) is 3.97. The first-order valence-corrected chi connectivity index (χ1v) is 3.97. The van der Waals surface area contributed by atoms with E-state index in [1.54, 1.807) is 0 Å². The molecule has 2 aliphatic rings. The van der Waals surface area contributed by atoms with Crippen molar-refractivity contribution in [3.63, 3.8) is 0 Å². The second-order valence-corrected chi connectivity index (χ2v) is 3.01. The monoisotopic (exact) mass is 165 g/mol. The third kappa shape index (κ3) is 1.00. The molecule has 1 aliphatic carbocycles. The first-order chi connectivity index (χ1) is 5.79. The molecule has 4 nitrogen and oxygen atoms in total. The van der Waals surface area contributed by atoms with E-state index in [-0.39, 0.29) is 11.8 Å². The molecule has 1 aliphatic heterocycles. The largest absolute Gasteiger partial charge is 0.369 e. The van der Waals surface area contributed by atoms with Crippen LogP contribution in [0.3, 0.4) is 0 Å². The Labute approximate surface area is 70.5 Å². The van der Waals surface area contributed by atoms with Crippen LogP contribution < -0.4 is 16.6 Å². The molecule has 1 amide bonds. The van der Waals surface area contributed by atoms with Crippen molar-refractivity contribution in [2.24, 2.45) is 11.7 Å². The molecule has 12 heavy (non-hydrogen) atoms. The minimum atomic E-state index is -0.239. The van der Waals surface area contributed by atoms with Gasteiger partial charge in [0.05, 0.1) is 5.92 Å². The highest BCUT2D eigenvalue weighted by Gasteiger charge is 2.27. The molecule has 0 fully saturated rings. The van der Waals surface area contributed by atoms with Gasteiger partial charge in [0.25, 0.3) is 0 Å². The van der Waals surface area contributed by atoms with Gasteiger partial charge >= 0.3 is 0 Å². The van der Waals surface area contributed by atoms with Crippen LogP contribution in [0.25, 0.3) is 0 Å². The number of hydrogen-bond donors (Lipinski definition) is 3. The quantitative estimate of drug-likeness (QED) is 0.486. The molecule has 64 valence electrons. The average Bonchev–Trinajstić information content (AvgIpc) is 2.49. The summed E-state index contributed by atoms with van der Waals surface area (Å²) >= 11 is 0. The van der Waals surface area contributed by atoms with Gasteiger partial charge in [0.1, 0.15) is 0 Å². The van der Waals surface area contributed by atoms with Gasteiger partial charge < -0.3 is 11.2 Å². The Balaban J connectivity index is 2.29. The lowest BCUT2D eigenvalue weighted by Gasteiger charge is -2.15. The number of amides is 1. The van der Waals surface area contributed by atoms with Crippen molar-refractivity contribution in [1.82, 2.24) is 10.9 Å². The van der Waals surface area contributed by atoms with Crippen molar-refractivity contribution in [2.45, 2.75) is 6.42 Å². The molecule has 1 unspecified atom stereocenters. The zero-order valence-electron chi connectivity index (χ0n) is 6.63. The average molecular weight is 165 g/mol. The number of hydrogen-bond acceptors (Lipinski definition) is 3. The van der Waals surface area contributed by atoms with E-state index in [9.17, 15) is 4.79 Å². The molecule has 0 aromatic rings. The highest BCUT2D eigenvalue weighted by atomic mass is 16.1. The molecule has 0 aromatic heterocycles. The van der Waals surface area contributed by atoms with Crippen molar-refractivity contribution < 1.29 is 4.79 Å². The zero-order chi connectivity index (χ0) is 8.55. The summed E-state index contributed by atoms with van der Waals surface area (Å²) in [7, 11) is 0. The van der Waals surface area contributed by atoms with E-state index in [4.69, 9.17) is 5.73 Å². The topological polar surface area (TPSA) is 67.2 Å².